The molecule has 1 atom stereocenters. The minimum atomic E-state index is 0.360. The lowest BCUT2D eigenvalue weighted by molar-refractivity contribution is 0.414. The van der Waals surface area contributed by atoms with Crippen LogP contribution in [0.4, 0.5) is 5.69 Å². The quantitative estimate of drug-likeness (QED) is 0.866. The maximum atomic E-state index is 5.34. The average Bonchev–Trinajstić information content (AvgIpc) is 2.84. The Kier molecular flexibility index (Phi) is 3.70. The molecule has 104 valence electrons. The van der Waals surface area contributed by atoms with E-state index in [1.54, 1.807) is 7.11 Å². The maximum absolute atomic E-state index is 5.34. The van der Waals surface area contributed by atoms with E-state index in [9.17, 15) is 0 Å². The molecular weight excluding hydrogens is 314 g/mol. The van der Waals surface area contributed by atoms with Crippen molar-refractivity contribution in [2.45, 2.75) is 25.8 Å². The summed E-state index contributed by atoms with van der Waals surface area (Å²) < 4.78 is 6.46. The molecule has 3 rings (SSSR count). The minimum absolute atomic E-state index is 0.360. The summed E-state index contributed by atoms with van der Waals surface area (Å²) in [6, 6.07) is 13.2. The predicted molar refractivity (Wildman–Crippen MR) is 86.6 cm³/mol. The number of anilines is 1. The number of hydrogen-bond donors (Lipinski definition) is 1. The van der Waals surface area contributed by atoms with Gasteiger partial charge in [0.05, 0.1) is 13.2 Å². The molecule has 2 nitrogen and oxygen atoms in total. The van der Waals surface area contributed by atoms with E-state index in [0.29, 0.717) is 6.04 Å². The number of rotatable bonds is 3. The van der Waals surface area contributed by atoms with Crippen LogP contribution in [0.5, 0.6) is 5.75 Å². The average molecular weight is 332 g/mol. The highest BCUT2D eigenvalue weighted by molar-refractivity contribution is 9.10. The monoisotopic (exact) mass is 331 g/mol. The van der Waals surface area contributed by atoms with Crippen molar-refractivity contribution in [3.05, 3.63) is 57.6 Å². The Hall–Kier alpha value is -1.48. The molecule has 0 amide bonds. The molecule has 0 saturated heterocycles. The molecule has 0 aromatic heterocycles. The van der Waals surface area contributed by atoms with E-state index in [1.807, 2.05) is 6.07 Å². The van der Waals surface area contributed by atoms with Crippen molar-refractivity contribution >= 4 is 21.6 Å². The van der Waals surface area contributed by atoms with Gasteiger partial charge >= 0.3 is 0 Å². The number of ether oxygens (including phenoxy) is 1. The topological polar surface area (TPSA) is 21.3 Å². The molecule has 3 heteroatoms. The zero-order valence-corrected chi connectivity index (χ0v) is 13.3. The fraction of sp³-hybridized carbons (Fsp3) is 0.294. The molecule has 1 aliphatic carbocycles. The normalized spacial score (nSPS) is 16.9. The summed E-state index contributed by atoms with van der Waals surface area (Å²) >= 11 is 3.64. The smallest absolute Gasteiger partial charge is 0.119 e. The molecule has 0 spiro atoms. The predicted octanol–water partition coefficient (Wildman–Crippen LogP) is 4.87. The second-order valence-electron chi connectivity index (χ2n) is 5.28. The van der Waals surface area contributed by atoms with Gasteiger partial charge in [0.1, 0.15) is 5.75 Å². The molecule has 1 N–H and O–H groups in total. The van der Waals surface area contributed by atoms with Crippen molar-refractivity contribution in [3.8, 4) is 5.75 Å². The highest BCUT2D eigenvalue weighted by Crippen LogP contribution is 2.37. The molecule has 1 aliphatic rings. The van der Waals surface area contributed by atoms with Crippen molar-refractivity contribution in [3.63, 3.8) is 0 Å². The maximum Gasteiger partial charge on any atom is 0.119 e. The molecule has 20 heavy (non-hydrogen) atoms. The van der Waals surface area contributed by atoms with Crippen molar-refractivity contribution in [1.29, 1.82) is 0 Å². The summed E-state index contributed by atoms with van der Waals surface area (Å²) in [7, 11) is 1.72. The van der Waals surface area contributed by atoms with E-state index >= 15 is 0 Å². The van der Waals surface area contributed by atoms with Gasteiger partial charge in [-0.2, -0.15) is 0 Å². The Balaban J connectivity index is 1.87. The minimum Gasteiger partial charge on any atom is -0.497 e. The van der Waals surface area contributed by atoms with Crippen LogP contribution in [-0.2, 0) is 6.42 Å². The van der Waals surface area contributed by atoms with E-state index in [4.69, 9.17) is 4.74 Å². The second-order valence-corrected chi connectivity index (χ2v) is 6.14. The van der Waals surface area contributed by atoms with Gasteiger partial charge in [-0.05, 0) is 76.7 Å². The van der Waals surface area contributed by atoms with Gasteiger partial charge in [0.15, 0.2) is 0 Å². The second kappa shape index (κ2) is 5.49. The number of benzene rings is 2. The zero-order valence-electron chi connectivity index (χ0n) is 11.7. The lowest BCUT2D eigenvalue weighted by Gasteiger charge is -2.17. The Morgan fingerprint density at radius 3 is 2.80 bits per heavy atom. The first-order valence-electron chi connectivity index (χ1n) is 6.87. The molecule has 2 aromatic rings. The van der Waals surface area contributed by atoms with Crippen LogP contribution in [0.2, 0.25) is 0 Å². The van der Waals surface area contributed by atoms with Crippen molar-refractivity contribution in [2.75, 3.05) is 12.4 Å². The standard InChI is InChI=1S/C17H18BrNO/c1-11-3-7-17(15(18)9-11)19-16-8-5-12-4-6-13(20-2)10-14(12)16/h3-4,6-7,9-10,16,19H,5,8H2,1-2H3. The van der Waals surface area contributed by atoms with Crippen molar-refractivity contribution in [2.24, 2.45) is 0 Å². The fourth-order valence-electron chi connectivity index (χ4n) is 2.78. The van der Waals surface area contributed by atoms with Crippen molar-refractivity contribution in [1.82, 2.24) is 0 Å². The Morgan fingerprint density at radius 2 is 2.05 bits per heavy atom. The Labute approximate surface area is 128 Å². The van der Waals surface area contributed by atoms with E-state index in [1.165, 1.54) is 16.7 Å². The highest BCUT2D eigenvalue weighted by atomic mass is 79.9. The first-order valence-corrected chi connectivity index (χ1v) is 7.66. The molecule has 0 heterocycles. The summed E-state index contributed by atoms with van der Waals surface area (Å²) in [6.07, 6.45) is 2.25. The number of nitrogens with one attached hydrogen (secondary N) is 1. The largest absolute Gasteiger partial charge is 0.497 e. The van der Waals surface area contributed by atoms with Crippen LogP contribution < -0.4 is 10.1 Å². The first kappa shape index (κ1) is 13.5. The summed E-state index contributed by atoms with van der Waals surface area (Å²) in [5.74, 6) is 0.931. The van der Waals surface area contributed by atoms with E-state index in [-0.39, 0.29) is 0 Å². The molecule has 0 bridgehead atoms. The number of fused-ring (bicyclic) bond motifs is 1. The van der Waals surface area contributed by atoms with Gasteiger partial charge in [0, 0.05) is 10.2 Å². The number of methoxy groups -OCH3 is 1. The zero-order chi connectivity index (χ0) is 14.1. The van der Waals surface area contributed by atoms with E-state index in [0.717, 1.165) is 28.8 Å². The third-order valence-electron chi connectivity index (χ3n) is 3.89. The molecule has 0 aliphatic heterocycles. The van der Waals surface area contributed by atoms with Crippen LogP contribution >= 0.6 is 15.9 Å². The molecule has 0 fully saturated rings. The molecule has 0 saturated carbocycles. The first-order chi connectivity index (χ1) is 9.67. The van der Waals surface area contributed by atoms with Gasteiger partial charge in [-0.25, -0.2) is 0 Å². The van der Waals surface area contributed by atoms with Crippen LogP contribution in [-0.4, -0.2) is 7.11 Å². The van der Waals surface area contributed by atoms with Crippen LogP contribution in [0.3, 0.4) is 0 Å². The summed E-state index contributed by atoms with van der Waals surface area (Å²) in [5, 5.41) is 3.64. The summed E-state index contributed by atoms with van der Waals surface area (Å²) in [5.41, 5.74) is 5.19. The summed E-state index contributed by atoms with van der Waals surface area (Å²) in [6.45, 7) is 2.10. The van der Waals surface area contributed by atoms with Crippen molar-refractivity contribution < 1.29 is 4.74 Å². The number of hydrogen-bond acceptors (Lipinski definition) is 2. The lowest BCUT2D eigenvalue weighted by Crippen LogP contribution is -2.07. The summed E-state index contributed by atoms with van der Waals surface area (Å²) in [4.78, 5) is 0. The van der Waals surface area contributed by atoms with Gasteiger partial charge < -0.3 is 10.1 Å². The number of halogens is 1. The van der Waals surface area contributed by atoms with Crippen LogP contribution in [0.1, 0.15) is 29.2 Å². The third kappa shape index (κ3) is 2.55. The fourth-order valence-corrected chi connectivity index (χ4v) is 3.39. The Bertz CT molecular complexity index is 639. The van der Waals surface area contributed by atoms with Gasteiger partial charge in [-0.3, -0.25) is 0 Å². The van der Waals surface area contributed by atoms with Crippen LogP contribution in [0.25, 0.3) is 0 Å². The number of aryl methyl sites for hydroxylation is 2. The van der Waals surface area contributed by atoms with Gasteiger partial charge in [-0.1, -0.05) is 12.1 Å². The third-order valence-corrected chi connectivity index (χ3v) is 4.54. The Morgan fingerprint density at radius 1 is 1.20 bits per heavy atom. The van der Waals surface area contributed by atoms with E-state index in [2.05, 4.69) is 58.5 Å². The van der Waals surface area contributed by atoms with Gasteiger partial charge in [0.25, 0.3) is 0 Å². The highest BCUT2D eigenvalue weighted by Gasteiger charge is 2.23. The lowest BCUT2D eigenvalue weighted by atomic mass is 10.1. The molecule has 1 unspecified atom stereocenters. The molecule has 2 aromatic carbocycles. The van der Waals surface area contributed by atoms with Crippen LogP contribution in [0, 0.1) is 6.92 Å². The van der Waals surface area contributed by atoms with Gasteiger partial charge in [0.2, 0.25) is 0 Å². The molecular formula is C17H18BrNO. The molecule has 0 radical (unpaired) electrons. The van der Waals surface area contributed by atoms with Gasteiger partial charge in [-0.15, -0.1) is 0 Å². The SMILES string of the molecule is COc1ccc2c(c1)C(Nc1ccc(C)cc1Br)CC2. The van der Waals surface area contributed by atoms with Crippen LogP contribution in [0.15, 0.2) is 40.9 Å². The van der Waals surface area contributed by atoms with E-state index < -0.39 is 0 Å².